The van der Waals surface area contributed by atoms with Crippen molar-refractivity contribution >= 4 is 16.7 Å². The Bertz CT molecular complexity index is 1150. The fraction of sp³-hybridized carbons (Fsp3) is 0.375. The Morgan fingerprint density at radius 2 is 1.91 bits per heavy atom. The molecule has 2 N–H and O–H groups in total. The molecule has 0 bridgehead atoms. The second kappa shape index (κ2) is 8.65. The molecular weight excluding hydrogens is 414 g/mol. The Balaban J connectivity index is 1.39. The van der Waals surface area contributed by atoms with Gasteiger partial charge in [0.25, 0.3) is 0 Å². The number of rotatable bonds is 4. The fourth-order valence-corrected chi connectivity index (χ4v) is 4.33. The summed E-state index contributed by atoms with van der Waals surface area (Å²) in [5.41, 5.74) is 2.42. The van der Waals surface area contributed by atoms with E-state index in [0.29, 0.717) is 11.3 Å². The first kappa shape index (κ1) is 21.1. The van der Waals surface area contributed by atoms with E-state index < -0.39 is 42.6 Å². The molecule has 8 nitrogen and oxygen atoms in total. The average molecular weight is 439 g/mol. The minimum Gasteiger partial charge on any atom is -0.423 e. The van der Waals surface area contributed by atoms with Crippen molar-refractivity contribution in [2.75, 3.05) is 19.0 Å². The summed E-state index contributed by atoms with van der Waals surface area (Å²) >= 11 is 0. The van der Waals surface area contributed by atoms with Crippen LogP contribution in [0.5, 0.6) is 0 Å². The molecule has 2 fully saturated rings. The molecule has 0 aliphatic carbocycles. The molecule has 5 rings (SSSR count). The summed E-state index contributed by atoms with van der Waals surface area (Å²) in [6.45, 7) is 2.13. The quantitative estimate of drug-likeness (QED) is 0.599. The number of methoxy groups -OCH3 is 1. The Labute approximate surface area is 184 Å². The molecule has 2 aliphatic heterocycles. The Hall–Kier alpha value is -2.75. The third-order valence-corrected chi connectivity index (χ3v) is 5.95. The van der Waals surface area contributed by atoms with Gasteiger partial charge >= 0.3 is 5.63 Å². The zero-order valence-electron chi connectivity index (χ0n) is 17.8. The van der Waals surface area contributed by atoms with Gasteiger partial charge in [-0.2, -0.15) is 0 Å². The standard InChI is InChI=1S/C24H25NO7/c1-13-10-19(26)30-17-11-15(8-9-16(13)17)25-20-21(27)22-18(31-24(20)28-2)12-29-23(32-22)14-6-4-3-5-7-14/h3-11,18,20-25,27H,12H2,1-2H3/t18?,20?,21?,22-,23?,24+/m1/s1. The first-order valence-electron chi connectivity index (χ1n) is 10.5. The molecule has 2 aromatic carbocycles. The number of aliphatic hydroxyl groups excluding tert-OH is 1. The highest BCUT2D eigenvalue weighted by Gasteiger charge is 2.49. The molecule has 8 heteroatoms. The van der Waals surface area contributed by atoms with E-state index in [4.69, 9.17) is 23.4 Å². The number of benzene rings is 2. The predicted octanol–water partition coefficient (Wildman–Crippen LogP) is 2.73. The Morgan fingerprint density at radius 3 is 2.69 bits per heavy atom. The van der Waals surface area contributed by atoms with Crippen molar-refractivity contribution in [1.82, 2.24) is 0 Å². The lowest BCUT2D eigenvalue weighted by atomic mass is 9.95. The molecule has 3 aromatic rings. The van der Waals surface area contributed by atoms with Crippen LogP contribution >= 0.6 is 0 Å². The van der Waals surface area contributed by atoms with E-state index in [1.807, 2.05) is 49.4 Å². The number of hydrogen-bond acceptors (Lipinski definition) is 8. The molecule has 0 saturated carbocycles. The van der Waals surface area contributed by atoms with Crippen molar-refractivity contribution in [3.8, 4) is 0 Å². The van der Waals surface area contributed by atoms with Crippen molar-refractivity contribution in [1.29, 1.82) is 0 Å². The topological polar surface area (TPSA) is 99.4 Å². The highest BCUT2D eigenvalue weighted by Crippen LogP contribution is 2.35. The monoisotopic (exact) mass is 439 g/mol. The molecular formula is C24H25NO7. The van der Waals surface area contributed by atoms with E-state index in [1.165, 1.54) is 13.2 Å². The molecule has 32 heavy (non-hydrogen) atoms. The zero-order chi connectivity index (χ0) is 22.2. The van der Waals surface area contributed by atoms with E-state index in [-0.39, 0.29) is 6.61 Å². The molecule has 0 amide bonds. The second-order valence-corrected chi connectivity index (χ2v) is 8.08. The number of ether oxygens (including phenoxy) is 4. The van der Waals surface area contributed by atoms with Crippen molar-refractivity contribution in [2.45, 2.75) is 43.9 Å². The van der Waals surface area contributed by atoms with Gasteiger partial charge in [0, 0.05) is 35.9 Å². The molecule has 6 atom stereocenters. The van der Waals surface area contributed by atoms with Gasteiger partial charge in [-0.3, -0.25) is 0 Å². The fourth-order valence-electron chi connectivity index (χ4n) is 4.33. The van der Waals surface area contributed by atoms with Gasteiger partial charge in [-0.15, -0.1) is 0 Å². The maximum absolute atomic E-state index is 11.8. The summed E-state index contributed by atoms with van der Waals surface area (Å²) < 4.78 is 28.8. The van der Waals surface area contributed by atoms with Gasteiger partial charge in [0.05, 0.1) is 6.61 Å². The number of nitrogens with one attached hydrogen (secondary N) is 1. The van der Waals surface area contributed by atoms with Crippen LogP contribution in [0.25, 0.3) is 11.0 Å². The second-order valence-electron chi connectivity index (χ2n) is 8.08. The SMILES string of the molecule is CO[C@H]1OC2COC(c3ccccc3)O[C@H]2C(O)C1Nc1ccc2c(C)cc(=O)oc2c1. The van der Waals surface area contributed by atoms with Gasteiger partial charge in [-0.25, -0.2) is 4.79 Å². The summed E-state index contributed by atoms with van der Waals surface area (Å²) in [5, 5.41) is 15.3. The summed E-state index contributed by atoms with van der Waals surface area (Å²) in [4.78, 5) is 11.8. The molecule has 3 heterocycles. The highest BCUT2D eigenvalue weighted by atomic mass is 16.7. The van der Waals surface area contributed by atoms with Gasteiger partial charge < -0.3 is 33.8 Å². The molecule has 2 saturated heterocycles. The van der Waals surface area contributed by atoms with Crippen LogP contribution in [-0.4, -0.2) is 49.5 Å². The van der Waals surface area contributed by atoms with Crippen LogP contribution in [0.2, 0.25) is 0 Å². The number of anilines is 1. The van der Waals surface area contributed by atoms with Gasteiger partial charge in [0.15, 0.2) is 12.6 Å². The molecule has 0 spiro atoms. The van der Waals surface area contributed by atoms with Crippen molar-refractivity contribution < 1.29 is 28.5 Å². The normalized spacial score (nSPS) is 30.1. The van der Waals surface area contributed by atoms with E-state index in [9.17, 15) is 9.90 Å². The number of hydrogen-bond donors (Lipinski definition) is 2. The van der Waals surface area contributed by atoms with Crippen LogP contribution in [0.1, 0.15) is 17.4 Å². The van der Waals surface area contributed by atoms with Crippen LogP contribution in [0.4, 0.5) is 5.69 Å². The number of aryl methyl sites for hydroxylation is 1. The van der Waals surface area contributed by atoms with E-state index in [0.717, 1.165) is 16.5 Å². The van der Waals surface area contributed by atoms with Crippen molar-refractivity contribution in [3.63, 3.8) is 0 Å². The molecule has 1 aromatic heterocycles. The Kier molecular flexibility index (Phi) is 5.71. The lowest BCUT2D eigenvalue weighted by molar-refractivity contribution is -0.337. The van der Waals surface area contributed by atoms with Gasteiger partial charge in [-0.1, -0.05) is 30.3 Å². The van der Waals surface area contributed by atoms with E-state index >= 15 is 0 Å². The number of fused-ring (bicyclic) bond motifs is 2. The summed E-state index contributed by atoms with van der Waals surface area (Å²) in [7, 11) is 1.52. The minimum atomic E-state index is -0.936. The minimum absolute atomic E-state index is 0.272. The van der Waals surface area contributed by atoms with Crippen LogP contribution in [0, 0.1) is 6.92 Å². The summed E-state index contributed by atoms with van der Waals surface area (Å²) in [5.74, 6) is 0. The maximum atomic E-state index is 11.8. The van der Waals surface area contributed by atoms with Gasteiger partial charge in [0.2, 0.25) is 0 Å². The smallest absolute Gasteiger partial charge is 0.336 e. The third-order valence-electron chi connectivity index (χ3n) is 5.95. The molecule has 168 valence electrons. The third kappa shape index (κ3) is 3.92. The highest BCUT2D eigenvalue weighted by molar-refractivity contribution is 5.83. The van der Waals surface area contributed by atoms with E-state index in [1.54, 1.807) is 6.07 Å². The van der Waals surface area contributed by atoms with Crippen LogP contribution in [0.15, 0.2) is 63.8 Å². The first-order chi connectivity index (χ1) is 15.5. The molecule has 2 aliphatic rings. The van der Waals surface area contributed by atoms with Crippen LogP contribution in [0.3, 0.4) is 0 Å². The first-order valence-corrected chi connectivity index (χ1v) is 10.5. The molecule has 4 unspecified atom stereocenters. The predicted molar refractivity (Wildman–Crippen MR) is 116 cm³/mol. The van der Waals surface area contributed by atoms with Gasteiger partial charge in [0.1, 0.15) is 29.9 Å². The number of aliphatic hydroxyl groups is 1. The largest absolute Gasteiger partial charge is 0.423 e. The van der Waals surface area contributed by atoms with Crippen LogP contribution < -0.4 is 10.9 Å². The summed E-state index contributed by atoms with van der Waals surface area (Å²) in [6, 6.07) is 15.9. The average Bonchev–Trinajstić information content (AvgIpc) is 2.80. The summed E-state index contributed by atoms with van der Waals surface area (Å²) in [6.07, 6.45) is -3.34. The zero-order valence-corrected chi connectivity index (χ0v) is 17.8. The van der Waals surface area contributed by atoms with Crippen LogP contribution in [-0.2, 0) is 18.9 Å². The lowest BCUT2D eigenvalue weighted by Crippen LogP contribution is -2.64. The van der Waals surface area contributed by atoms with Crippen molar-refractivity contribution in [2.24, 2.45) is 0 Å². The van der Waals surface area contributed by atoms with E-state index in [2.05, 4.69) is 5.32 Å². The van der Waals surface area contributed by atoms with Crippen molar-refractivity contribution in [3.05, 3.63) is 76.1 Å². The lowest BCUT2D eigenvalue weighted by Gasteiger charge is -2.47. The van der Waals surface area contributed by atoms with Gasteiger partial charge in [-0.05, 0) is 24.6 Å². The maximum Gasteiger partial charge on any atom is 0.336 e. The molecule has 0 radical (unpaired) electrons. The Morgan fingerprint density at radius 1 is 1.09 bits per heavy atom.